The largest absolute Gasteiger partial charge is 0.590 e. The van der Waals surface area contributed by atoms with E-state index in [1.54, 1.807) is 6.26 Å². The molecule has 0 fully saturated rings. The fourth-order valence-electron chi connectivity index (χ4n) is 0.0803. The summed E-state index contributed by atoms with van der Waals surface area (Å²) in [7, 11) is 0. The highest BCUT2D eigenvalue weighted by Gasteiger charge is 1.85. The number of nitrogens with zero attached hydrogens (tertiary/aromatic N) is 2. The first-order valence-electron chi connectivity index (χ1n) is 1.55. The fourth-order valence-corrected chi connectivity index (χ4v) is 0.722. The molecule has 0 aliphatic heterocycles. The molecule has 0 aliphatic carbocycles. The molecular weight excluding hydrogens is 132 g/mol. The van der Waals surface area contributed by atoms with Gasteiger partial charge < -0.3 is 4.55 Å². The molecule has 1 atom stereocenters. The van der Waals surface area contributed by atoms with Crippen LogP contribution in [0, 0.1) is 0 Å². The first kappa shape index (κ1) is 7.26. The number of hydrogen-bond donors (Lipinski definition) is 0. The highest BCUT2D eigenvalue weighted by atomic mass is 32.2. The van der Waals surface area contributed by atoms with Crippen molar-refractivity contribution < 1.29 is 4.55 Å². The van der Waals surface area contributed by atoms with E-state index in [2.05, 4.69) is 9.04 Å². The summed E-state index contributed by atoms with van der Waals surface area (Å²) in [5, 5.41) is 0. The summed E-state index contributed by atoms with van der Waals surface area (Å²) >= 11 is 0.0673. The van der Waals surface area contributed by atoms with Gasteiger partial charge in [0.2, 0.25) is 0 Å². The molecule has 0 spiro atoms. The molecule has 0 rings (SSSR count). The second-order valence-electron chi connectivity index (χ2n) is 0.770. The molecule has 5 heteroatoms. The van der Waals surface area contributed by atoms with E-state index in [0.29, 0.717) is 0 Å². The lowest BCUT2D eigenvalue weighted by Crippen LogP contribution is -1.85. The van der Waals surface area contributed by atoms with Crippen molar-refractivity contribution in [3.05, 3.63) is 0 Å². The van der Waals surface area contributed by atoms with Gasteiger partial charge in [-0.1, -0.05) is 4.52 Å². The highest BCUT2D eigenvalue weighted by Crippen LogP contribution is 1.96. The summed E-state index contributed by atoms with van der Waals surface area (Å²) in [5.41, 5.74) is 0. The second kappa shape index (κ2) is 4.42. The predicted molar refractivity (Wildman–Crippen MR) is 32.4 cm³/mol. The summed E-state index contributed by atoms with van der Waals surface area (Å²) in [6, 6.07) is 0. The summed E-state index contributed by atoms with van der Waals surface area (Å²) in [5.74, 6) is 0. The van der Waals surface area contributed by atoms with Crippen LogP contribution in [0.15, 0.2) is 9.04 Å². The minimum Gasteiger partial charge on any atom is -0.590 e. The lowest BCUT2D eigenvalue weighted by Gasteiger charge is -1.86. The van der Waals surface area contributed by atoms with Gasteiger partial charge >= 0.3 is 0 Å². The molecule has 7 heavy (non-hydrogen) atoms. The van der Waals surface area contributed by atoms with E-state index in [-0.39, 0.29) is 0 Å². The van der Waals surface area contributed by atoms with Gasteiger partial charge in [-0.2, -0.15) is 0 Å². The molecule has 0 aliphatic rings. The second-order valence-corrected chi connectivity index (χ2v) is 2.31. The van der Waals surface area contributed by atoms with Crippen LogP contribution >= 0.6 is 11.9 Å². The Morgan fingerprint density at radius 1 is 1.71 bits per heavy atom. The average molecular weight is 138 g/mol. The maximum atomic E-state index is 10.0. The smallest absolute Gasteiger partial charge is 0.125 e. The Morgan fingerprint density at radius 3 is 2.43 bits per heavy atom. The van der Waals surface area contributed by atoms with Crippen LogP contribution in [-0.2, 0) is 11.4 Å². The zero-order valence-electron chi connectivity index (χ0n) is 4.12. The van der Waals surface area contributed by atoms with Crippen LogP contribution < -0.4 is 0 Å². The van der Waals surface area contributed by atoms with Gasteiger partial charge in [0, 0.05) is 6.26 Å². The third kappa shape index (κ3) is 6.26. The van der Waals surface area contributed by atoms with Gasteiger partial charge in [-0.3, -0.25) is 0 Å². The monoisotopic (exact) mass is 138 g/mol. The van der Waals surface area contributed by atoms with E-state index in [9.17, 15) is 4.55 Å². The first-order chi connectivity index (χ1) is 3.27. The van der Waals surface area contributed by atoms with E-state index in [0.717, 1.165) is 0 Å². The van der Waals surface area contributed by atoms with Crippen molar-refractivity contribution in [2.75, 3.05) is 12.5 Å². The van der Waals surface area contributed by atoms with Crippen LogP contribution in [0.1, 0.15) is 0 Å². The van der Waals surface area contributed by atoms with Crippen molar-refractivity contribution in [2.45, 2.75) is 0 Å². The molecular formula is C2H6N2OS2. The lowest BCUT2D eigenvalue weighted by molar-refractivity contribution is 0.601. The summed E-state index contributed by atoms with van der Waals surface area (Å²) in [6.07, 6.45) is 3.23. The molecule has 0 bridgehead atoms. The van der Waals surface area contributed by atoms with E-state index >= 15 is 0 Å². The average Bonchev–Trinajstić information content (AvgIpc) is 1.61. The molecule has 0 radical (unpaired) electrons. The third-order valence-corrected chi connectivity index (χ3v) is 0.890. The predicted octanol–water partition coefficient (Wildman–Crippen LogP) is 1.01. The van der Waals surface area contributed by atoms with E-state index in [4.69, 9.17) is 0 Å². The molecule has 0 amide bonds. The zero-order valence-corrected chi connectivity index (χ0v) is 5.75. The Bertz CT molecular complexity index is 64.7. The molecule has 0 N–H and O–H groups in total. The minimum atomic E-state index is -1.13. The summed E-state index contributed by atoms with van der Waals surface area (Å²) < 4.78 is 16.8. The Kier molecular flexibility index (Phi) is 4.58. The Balaban J connectivity index is 3.08. The summed E-state index contributed by atoms with van der Waals surface area (Å²) in [6.45, 7) is 0. The number of rotatable bonds is 2. The van der Waals surface area contributed by atoms with E-state index in [1.165, 1.54) is 18.2 Å². The Morgan fingerprint density at radius 2 is 2.29 bits per heavy atom. The zero-order chi connectivity index (χ0) is 5.70. The van der Waals surface area contributed by atoms with Crippen molar-refractivity contribution in [3.63, 3.8) is 0 Å². The van der Waals surface area contributed by atoms with Crippen LogP contribution in [0.4, 0.5) is 0 Å². The molecule has 0 saturated carbocycles. The Labute approximate surface area is 50.0 Å². The Hall–Kier alpha value is 0.260. The SMILES string of the molecule is CS/N=N\[S+](C)[O-]. The topological polar surface area (TPSA) is 47.8 Å². The molecule has 0 saturated heterocycles. The van der Waals surface area contributed by atoms with E-state index in [1.807, 2.05) is 0 Å². The number of hydrogen-bond acceptors (Lipinski definition) is 4. The van der Waals surface area contributed by atoms with Gasteiger partial charge in [0.25, 0.3) is 0 Å². The fraction of sp³-hybridized carbons (Fsp3) is 1.00. The molecule has 0 aromatic rings. The van der Waals surface area contributed by atoms with Gasteiger partial charge in [-0.25, -0.2) is 0 Å². The van der Waals surface area contributed by atoms with Gasteiger partial charge in [0.15, 0.2) is 0 Å². The van der Waals surface area contributed by atoms with Crippen molar-refractivity contribution in [1.29, 1.82) is 0 Å². The minimum absolute atomic E-state index is 1.13. The normalized spacial score (nSPS) is 15.3. The van der Waals surface area contributed by atoms with Crippen LogP contribution in [0.3, 0.4) is 0 Å². The van der Waals surface area contributed by atoms with Crippen LogP contribution in [0.5, 0.6) is 0 Å². The van der Waals surface area contributed by atoms with Crippen molar-refractivity contribution in [3.8, 4) is 0 Å². The summed E-state index contributed by atoms with van der Waals surface area (Å²) in [4.78, 5) is 0. The van der Waals surface area contributed by atoms with Crippen LogP contribution in [0.2, 0.25) is 0 Å². The first-order valence-corrected chi connectivity index (χ1v) is 4.24. The molecule has 0 aromatic carbocycles. The van der Waals surface area contributed by atoms with Gasteiger partial charge in [-0.05, 0) is 11.9 Å². The molecule has 0 heterocycles. The van der Waals surface area contributed by atoms with E-state index < -0.39 is 11.4 Å². The quantitative estimate of drug-likeness (QED) is 0.325. The molecule has 3 nitrogen and oxygen atoms in total. The molecule has 0 aromatic heterocycles. The maximum Gasteiger partial charge on any atom is 0.125 e. The van der Waals surface area contributed by atoms with Crippen LogP contribution in [-0.4, -0.2) is 17.1 Å². The van der Waals surface area contributed by atoms with Gasteiger partial charge in [-0.15, -0.1) is 0 Å². The lowest BCUT2D eigenvalue weighted by atomic mass is 12.0. The van der Waals surface area contributed by atoms with Crippen LogP contribution in [0.25, 0.3) is 0 Å². The standard InChI is InChI=1S/C2H6N2OS2/c1-6-3-4-7(2)5/h1-2H3/b4-3-. The van der Waals surface area contributed by atoms with Gasteiger partial charge in [0.1, 0.15) is 17.6 Å². The van der Waals surface area contributed by atoms with Crippen molar-refractivity contribution >= 4 is 23.3 Å². The third-order valence-electron chi connectivity index (χ3n) is 0.230. The highest BCUT2D eigenvalue weighted by molar-refractivity contribution is 7.97. The van der Waals surface area contributed by atoms with Crippen molar-refractivity contribution in [1.82, 2.24) is 0 Å². The molecule has 1 unspecified atom stereocenters. The van der Waals surface area contributed by atoms with Gasteiger partial charge in [0.05, 0.1) is 4.52 Å². The molecule has 42 valence electrons. The van der Waals surface area contributed by atoms with Crippen molar-refractivity contribution in [2.24, 2.45) is 9.04 Å². The maximum absolute atomic E-state index is 10.0.